The molecule has 0 radical (unpaired) electrons. The molecular formula is C14H19BrN4O. The molecule has 3 rings (SSSR count). The van der Waals surface area contributed by atoms with E-state index in [0.29, 0.717) is 0 Å². The van der Waals surface area contributed by atoms with Gasteiger partial charge in [0.1, 0.15) is 6.04 Å². The summed E-state index contributed by atoms with van der Waals surface area (Å²) in [5.74, 6) is 0.0185. The highest BCUT2D eigenvalue weighted by atomic mass is 79.9. The van der Waals surface area contributed by atoms with Crippen LogP contribution in [0.2, 0.25) is 0 Å². The van der Waals surface area contributed by atoms with Crippen LogP contribution >= 0.6 is 15.9 Å². The molecule has 1 unspecified atom stereocenters. The maximum atomic E-state index is 11.9. The van der Waals surface area contributed by atoms with Crippen molar-refractivity contribution in [3.63, 3.8) is 0 Å². The number of amides is 1. The molecule has 0 aliphatic carbocycles. The van der Waals surface area contributed by atoms with Gasteiger partial charge in [0.25, 0.3) is 0 Å². The summed E-state index contributed by atoms with van der Waals surface area (Å²) in [5.41, 5.74) is 3.10. The zero-order chi connectivity index (χ0) is 14.3. The highest BCUT2D eigenvalue weighted by molar-refractivity contribution is 9.10. The van der Waals surface area contributed by atoms with Gasteiger partial charge in [-0.25, -0.2) is 0 Å². The first-order chi connectivity index (χ1) is 9.60. The molecule has 0 bridgehead atoms. The first-order valence-corrected chi connectivity index (χ1v) is 7.64. The van der Waals surface area contributed by atoms with Gasteiger partial charge in [-0.2, -0.15) is 0 Å². The van der Waals surface area contributed by atoms with Crippen LogP contribution in [0.3, 0.4) is 0 Å². The Balaban J connectivity index is 1.91. The first kappa shape index (κ1) is 13.9. The number of halogens is 1. The van der Waals surface area contributed by atoms with E-state index < -0.39 is 0 Å². The van der Waals surface area contributed by atoms with Gasteiger partial charge in [-0.15, -0.1) is 0 Å². The zero-order valence-corrected chi connectivity index (χ0v) is 13.3. The molecule has 0 spiro atoms. The van der Waals surface area contributed by atoms with Gasteiger partial charge in [-0.3, -0.25) is 4.79 Å². The lowest BCUT2D eigenvalue weighted by Gasteiger charge is -2.34. The molecule has 108 valence electrons. The largest absolute Gasteiger partial charge is 0.368 e. The van der Waals surface area contributed by atoms with Crippen molar-refractivity contribution in [1.29, 1.82) is 0 Å². The van der Waals surface area contributed by atoms with Gasteiger partial charge in [0.2, 0.25) is 5.91 Å². The maximum absolute atomic E-state index is 11.9. The van der Waals surface area contributed by atoms with Gasteiger partial charge in [0.15, 0.2) is 0 Å². The average molecular weight is 339 g/mol. The summed E-state index contributed by atoms with van der Waals surface area (Å²) < 4.78 is 1.05. The fourth-order valence-corrected chi connectivity index (χ4v) is 3.46. The van der Waals surface area contributed by atoms with E-state index in [0.717, 1.165) is 47.6 Å². The Kier molecular flexibility index (Phi) is 3.70. The van der Waals surface area contributed by atoms with E-state index in [-0.39, 0.29) is 11.9 Å². The number of nitrogens with zero attached hydrogens (tertiary/aromatic N) is 2. The molecule has 5 nitrogen and oxygen atoms in total. The summed E-state index contributed by atoms with van der Waals surface area (Å²) in [6, 6.07) is 3.89. The van der Waals surface area contributed by atoms with E-state index >= 15 is 0 Å². The van der Waals surface area contributed by atoms with Gasteiger partial charge < -0.3 is 20.4 Å². The van der Waals surface area contributed by atoms with Crippen molar-refractivity contribution in [1.82, 2.24) is 10.2 Å². The van der Waals surface area contributed by atoms with Crippen molar-refractivity contribution in [2.45, 2.75) is 6.04 Å². The van der Waals surface area contributed by atoms with Crippen LogP contribution in [-0.2, 0) is 4.79 Å². The Morgan fingerprint density at radius 1 is 1.30 bits per heavy atom. The van der Waals surface area contributed by atoms with Crippen molar-refractivity contribution >= 4 is 33.2 Å². The van der Waals surface area contributed by atoms with E-state index in [1.807, 2.05) is 7.05 Å². The van der Waals surface area contributed by atoms with Crippen LogP contribution in [0.25, 0.3) is 0 Å². The lowest BCUT2D eigenvalue weighted by molar-refractivity contribution is -0.117. The van der Waals surface area contributed by atoms with Gasteiger partial charge in [-0.05, 0) is 42.2 Å². The number of anilines is 2. The minimum Gasteiger partial charge on any atom is -0.368 e. The standard InChI is InChI=1S/C14H19BrN4O/c1-16-13-9-7-10(15)12(8-11(9)17-14(13)20)19-5-3-18(2)4-6-19/h7-8,13,16H,3-6H2,1-2H3,(H,17,20). The normalized spacial score (nSPS) is 22.9. The molecule has 1 amide bonds. The quantitative estimate of drug-likeness (QED) is 0.856. The maximum Gasteiger partial charge on any atom is 0.246 e. The Labute approximate surface area is 127 Å². The van der Waals surface area contributed by atoms with Crippen LogP contribution < -0.4 is 15.5 Å². The number of hydrogen-bond acceptors (Lipinski definition) is 4. The fraction of sp³-hybridized carbons (Fsp3) is 0.500. The number of hydrogen-bond donors (Lipinski definition) is 2. The van der Waals surface area contributed by atoms with Gasteiger partial charge >= 0.3 is 0 Å². The minimum absolute atomic E-state index is 0.0185. The molecular weight excluding hydrogens is 320 g/mol. The molecule has 1 fully saturated rings. The smallest absolute Gasteiger partial charge is 0.246 e. The lowest BCUT2D eigenvalue weighted by atomic mass is 10.1. The molecule has 2 aliphatic rings. The molecule has 1 aromatic carbocycles. The van der Waals surface area contributed by atoms with Gasteiger partial charge in [-0.1, -0.05) is 0 Å². The van der Waals surface area contributed by atoms with Crippen LogP contribution in [0.15, 0.2) is 16.6 Å². The first-order valence-electron chi connectivity index (χ1n) is 6.85. The zero-order valence-electron chi connectivity index (χ0n) is 11.7. The third kappa shape index (κ3) is 2.32. The monoisotopic (exact) mass is 338 g/mol. The third-order valence-electron chi connectivity index (χ3n) is 4.08. The van der Waals surface area contributed by atoms with Crippen molar-refractivity contribution in [3.05, 3.63) is 22.2 Å². The third-order valence-corrected chi connectivity index (χ3v) is 4.72. The summed E-state index contributed by atoms with van der Waals surface area (Å²) in [4.78, 5) is 16.6. The highest BCUT2D eigenvalue weighted by Gasteiger charge is 2.31. The molecule has 20 heavy (non-hydrogen) atoms. The van der Waals surface area contributed by atoms with E-state index in [1.54, 1.807) is 0 Å². The predicted molar refractivity (Wildman–Crippen MR) is 84.3 cm³/mol. The van der Waals surface area contributed by atoms with Crippen LogP contribution in [0.5, 0.6) is 0 Å². The topological polar surface area (TPSA) is 47.6 Å². The number of rotatable bonds is 2. The van der Waals surface area contributed by atoms with Crippen LogP contribution in [0.4, 0.5) is 11.4 Å². The van der Waals surface area contributed by atoms with E-state index in [9.17, 15) is 4.79 Å². The number of nitrogens with one attached hydrogen (secondary N) is 2. The Morgan fingerprint density at radius 3 is 2.65 bits per heavy atom. The minimum atomic E-state index is -0.247. The van der Waals surface area contributed by atoms with Crippen LogP contribution in [-0.4, -0.2) is 51.1 Å². The summed E-state index contributed by atoms with van der Waals surface area (Å²) in [6.45, 7) is 4.15. The molecule has 2 heterocycles. The van der Waals surface area contributed by atoms with E-state index in [1.165, 1.54) is 0 Å². The second-order valence-corrected chi connectivity index (χ2v) is 6.25. The number of carbonyl (C=O) groups excluding carboxylic acids is 1. The predicted octanol–water partition coefficient (Wildman–Crippen LogP) is 1.41. The fourth-order valence-electron chi connectivity index (χ4n) is 2.85. The Morgan fingerprint density at radius 2 is 2.00 bits per heavy atom. The Bertz CT molecular complexity index is 540. The van der Waals surface area contributed by atoms with Crippen molar-refractivity contribution < 1.29 is 4.79 Å². The lowest BCUT2D eigenvalue weighted by Crippen LogP contribution is -2.44. The molecule has 1 aromatic rings. The van der Waals surface area contributed by atoms with Crippen molar-refractivity contribution in [2.75, 3.05) is 50.5 Å². The van der Waals surface area contributed by atoms with Gasteiger partial charge in [0.05, 0.1) is 5.69 Å². The number of fused-ring (bicyclic) bond motifs is 1. The molecule has 0 saturated carbocycles. The van der Waals surface area contributed by atoms with Crippen LogP contribution in [0.1, 0.15) is 11.6 Å². The second kappa shape index (κ2) is 5.35. The van der Waals surface area contributed by atoms with Gasteiger partial charge in [0, 0.05) is 41.9 Å². The number of carbonyl (C=O) groups is 1. The summed E-state index contributed by atoms with van der Waals surface area (Å²) in [7, 11) is 3.95. The number of piperazine rings is 1. The highest BCUT2D eigenvalue weighted by Crippen LogP contribution is 2.39. The van der Waals surface area contributed by atoms with Crippen molar-refractivity contribution in [2.24, 2.45) is 0 Å². The molecule has 1 saturated heterocycles. The summed E-state index contributed by atoms with van der Waals surface area (Å²) in [6.07, 6.45) is 0. The number of benzene rings is 1. The average Bonchev–Trinajstić information content (AvgIpc) is 2.73. The molecule has 2 aliphatic heterocycles. The SMILES string of the molecule is CNC1C(=O)Nc2cc(N3CCN(C)CC3)c(Br)cc21. The molecule has 1 atom stereocenters. The molecule has 0 aromatic heterocycles. The number of likely N-dealkylation sites (N-methyl/N-ethyl adjacent to an activating group) is 2. The van der Waals surface area contributed by atoms with Crippen LogP contribution in [0, 0.1) is 0 Å². The molecule has 2 N–H and O–H groups in total. The van der Waals surface area contributed by atoms with E-state index in [4.69, 9.17) is 0 Å². The summed E-state index contributed by atoms with van der Waals surface area (Å²) in [5, 5.41) is 6.00. The second-order valence-electron chi connectivity index (χ2n) is 5.39. The van der Waals surface area contributed by atoms with E-state index in [2.05, 4.69) is 55.5 Å². The summed E-state index contributed by atoms with van der Waals surface area (Å²) >= 11 is 3.66. The van der Waals surface area contributed by atoms with Crippen molar-refractivity contribution in [3.8, 4) is 0 Å². The Hall–Kier alpha value is -1.11. The molecule has 6 heteroatoms.